The first kappa shape index (κ1) is 21.2. The molecule has 2 heterocycles. The Balaban J connectivity index is 1.95. The van der Waals surface area contributed by atoms with Crippen molar-refractivity contribution >= 4 is 11.5 Å². The van der Waals surface area contributed by atoms with Crippen molar-refractivity contribution in [2.45, 2.75) is 19.2 Å². The minimum Gasteiger partial charge on any atom is -0.493 e. The predicted octanol–water partition coefficient (Wildman–Crippen LogP) is 5.02. The Bertz CT molecular complexity index is 1080. The Morgan fingerprint density at radius 2 is 1.87 bits per heavy atom. The van der Waals surface area contributed by atoms with E-state index in [-0.39, 0.29) is 30.2 Å². The van der Waals surface area contributed by atoms with Crippen molar-refractivity contribution in [2.24, 2.45) is 4.99 Å². The van der Waals surface area contributed by atoms with E-state index in [1.54, 1.807) is 18.2 Å². The van der Waals surface area contributed by atoms with Crippen molar-refractivity contribution in [3.8, 4) is 11.5 Å². The molecule has 0 amide bonds. The number of hydrogen-bond donors (Lipinski definition) is 0. The Morgan fingerprint density at radius 3 is 2.55 bits per heavy atom. The van der Waals surface area contributed by atoms with Crippen LogP contribution in [0.1, 0.15) is 24.2 Å². The summed E-state index contributed by atoms with van der Waals surface area (Å²) in [5, 5.41) is 0. The highest BCUT2D eigenvalue weighted by Crippen LogP contribution is 2.46. The average Bonchev–Trinajstić information content (AvgIpc) is 2.88. The average molecular weight is 436 g/mol. The first-order valence-corrected chi connectivity index (χ1v) is 9.48. The molecule has 0 aromatic heterocycles. The number of para-hydroxylation sites is 1. The molecule has 0 saturated heterocycles. The van der Waals surface area contributed by atoms with Crippen LogP contribution in [-0.2, 0) is 4.74 Å². The van der Waals surface area contributed by atoms with E-state index >= 15 is 0 Å². The van der Waals surface area contributed by atoms with Gasteiger partial charge in [0.25, 0.3) is 0 Å². The van der Waals surface area contributed by atoms with Crippen LogP contribution in [0.4, 0.5) is 23.2 Å². The van der Waals surface area contributed by atoms with Gasteiger partial charge in [0.2, 0.25) is 0 Å². The molecule has 2 aromatic rings. The Morgan fingerprint density at radius 1 is 1.10 bits per heavy atom. The molecule has 0 fully saturated rings. The number of halogens is 4. The van der Waals surface area contributed by atoms with Gasteiger partial charge in [-0.05, 0) is 30.7 Å². The second-order valence-corrected chi connectivity index (χ2v) is 7.17. The quantitative estimate of drug-likeness (QED) is 0.634. The number of benzene rings is 2. The lowest BCUT2D eigenvalue weighted by Crippen LogP contribution is -2.42. The van der Waals surface area contributed by atoms with Crippen molar-refractivity contribution in [3.63, 3.8) is 0 Å². The van der Waals surface area contributed by atoms with Gasteiger partial charge in [0, 0.05) is 11.1 Å². The third kappa shape index (κ3) is 3.63. The van der Waals surface area contributed by atoms with Crippen molar-refractivity contribution < 1.29 is 31.8 Å². The maximum Gasteiger partial charge on any atom is 0.431 e. The number of amidine groups is 1. The summed E-state index contributed by atoms with van der Waals surface area (Å²) in [5.41, 5.74) is 0.103. The van der Waals surface area contributed by atoms with E-state index < -0.39 is 23.8 Å². The zero-order valence-corrected chi connectivity index (χ0v) is 17.1. The number of fused-ring (bicyclic) bond motifs is 3. The highest BCUT2D eigenvalue weighted by molar-refractivity contribution is 6.04. The maximum absolute atomic E-state index is 14.3. The number of nitrogens with zero attached hydrogens (tertiary/aromatic N) is 2. The van der Waals surface area contributed by atoms with Crippen molar-refractivity contribution in [3.05, 3.63) is 64.6 Å². The monoisotopic (exact) mass is 436 g/mol. The van der Waals surface area contributed by atoms with Crippen LogP contribution in [0.2, 0.25) is 0 Å². The van der Waals surface area contributed by atoms with E-state index in [1.165, 1.54) is 33.3 Å². The van der Waals surface area contributed by atoms with Gasteiger partial charge in [0.15, 0.2) is 11.5 Å². The normalized spacial score (nSPS) is 18.7. The van der Waals surface area contributed by atoms with E-state index in [2.05, 4.69) is 4.99 Å². The number of methoxy groups -OCH3 is 2. The Hall–Kier alpha value is -3.07. The van der Waals surface area contributed by atoms with E-state index in [0.717, 1.165) is 11.0 Å². The van der Waals surface area contributed by atoms with Crippen LogP contribution < -0.4 is 14.4 Å². The van der Waals surface area contributed by atoms with Crippen molar-refractivity contribution in [2.75, 3.05) is 32.3 Å². The van der Waals surface area contributed by atoms with Crippen molar-refractivity contribution in [1.82, 2.24) is 0 Å². The molecule has 2 aliphatic heterocycles. The summed E-state index contributed by atoms with van der Waals surface area (Å²) in [6.07, 6.45) is -5.48. The van der Waals surface area contributed by atoms with Crippen molar-refractivity contribution in [1.29, 1.82) is 0 Å². The summed E-state index contributed by atoms with van der Waals surface area (Å²) in [6.45, 7) is 1.06. The lowest BCUT2D eigenvalue weighted by molar-refractivity contribution is -0.0933. The maximum atomic E-state index is 14.3. The zero-order valence-electron chi connectivity index (χ0n) is 17.1. The molecule has 2 aromatic carbocycles. The lowest BCUT2D eigenvalue weighted by atomic mass is 9.97. The second-order valence-electron chi connectivity index (χ2n) is 7.17. The highest BCUT2D eigenvalue weighted by Gasteiger charge is 2.45. The van der Waals surface area contributed by atoms with Crippen LogP contribution in [0, 0.1) is 5.82 Å². The zero-order chi connectivity index (χ0) is 22.3. The number of rotatable bonds is 3. The molecule has 0 saturated carbocycles. The summed E-state index contributed by atoms with van der Waals surface area (Å²) in [4.78, 5) is 5.23. The minimum absolute atomic E-state index is 0.0255. The molecule has 9 heteroatoms. The second kappa shape index (κ2) is 7.88. The van der Waals surface area contributed by atoms with Gasteiger partial charge in [-0.1, -0.05) is 18.2 Å². The van der Waals surface area contributed by atoms with E-state index in [9.17, 15) is 17.6 Å². The molecular formula is C22H20F4N2O3. The van der Waals surface area contributed by atoms with E-state index in [4.69, 9.17) is 14.2 Å². The van der Waals surface area contributed by atoms with Gasteiger partial charge in [-0.25, -0.2) is 4.39 Å². The van der Waals surface area contributed by atoms with Crippen LogP contribution in [0.25, 0.3) is 0 Å². The van der Waals surface area contributed by atoms with Crippen LogP contribution in [0.5, 0.6) is 11.5 Å². The highest BCUT2D eigenvalue weighted by atomic mass is 19.4. The van der Waals surface area contributed by atoms with Gasteiger partial charge in [-0.3, -0.25) is 9.89 Å². The molecule has 2 aliphatic rings. The molecule has 5 nitrogen and oxygen atoms in total. The SMILES string of the molecule is COc1cccc([C@H]2OCC3=NCC(C)=C(C(F)(F)F)N3c3cc(F)ccc32)c1OC. The molecular weight excluding hydrogens is 416 g/mol. The fourth-order valence-electron chi connectivity index (χ4n) is 3.97. The van der Waals surface area contributed by atoms with Gasteiger partial charge in [-0.15, -0.1) is 0 Å². The number of allylic oxidation sites excluding steroid dienone is 1. The largest absolute Gasteiger partial charge is 0.493 e. The third-order valence-corrected chi connectivity index (χ3v) is 5.26. The van der Waals surface area contributed by atoms with E-state index in [0.29, 0.717) is 22.6 Å². The third-order valence-electron chi connectivity index (χ3n) is 5.26. The Labute approximate surface area is 176 Å². The summed E-state index contributed by atoms with van der Waals surface area (Å²) >= 11 is 0. The molecule has 0 bridgehead atoms. The summed E-state index contributed by atoms with van der Waals surface area (Å²) < 4.78 is 73.1. The number of aliphatic imine (C=N–C) groups is 1. The number of anilines is 1. The van der Waals surface area contributed by atoms with Gasteiger partial charge < -0.3 is 14.2 Å². The van der Waals surface area contributed by atoms with Gasteiger partial charge in [-0.2, -0.15) is 13.2 Å². The summed E-state index contributed by atoms with van der Waals surface area (Å²) in [5.74, 6) is 0.225. The topological polar surface area (TPSA) is 43.3 Å². The fourth-order valence-corrected chi connectivity index (χ4v) is 3.97. The minimum atomic E-state index is -4.65. The number of ether oxygens (including phenoxy) is 3. The molecule has 0 N–H and O–H groups in total. The predicted molar refractivity (Wildman–Crippen MR) is 107 cm³/mol. The van der Waals surface area contributed by atoms with Gasteiger partial charge in [0.05, 0.1) is 26.5 Å². The Kier molecular flexibility index (Phi) is 5.38. The first-order valence-electron chi connectivity index (χ1n) is 9.48. The molecule has 0 radical (unpaired) electrons. The number of hydrogen-bond acceptors (Lipinski definition) is 5. The smallest absolute Gasteiger partial charge is 0.431 e. The molecule has 0 aliphatic carbocycles. The standard InChI is InChI=1S/C22H20F4N2O3/c1-12-10-27-18-11-31-19(15-5-4-6-17(29-2)20(15)30-3)14-8-7-13(23)9-16(14)28(18)21(12)22(24,25)26/h4-9,19H,10-11H2,1-3H3/t19-/m0/s1. The van der Waals surface area contributed by atoms with E-state index in [1.807, 2.05) is 0 Å². The molecule has 164 valence electrons. The van der Waals surface area contributed by atoms with Crippen LogP contribution in [0.3, 0.4) is 0 Å². The van der Waals surface area contributed by atoms with Gasteiger partial charge in [0.1, 0.15) is 30.1 Å². The summed E-state index contributed by atoms with van der Waals surface area (Å²) in [7, 11) is 2.95. The fraction of sp³-hybridized carbons (Fsp3) is 0.318. The molecule has 31 heavy (non-hydrogen) atoms. The summed E-state index contributed by atoms with van der Waals surface area (Å²) in [6, 6.07) is 8.85. The number of alkyl halides is 3. The first-order chi connectivity index (χ1) is 14.8. The van der Waals surface area contributed by atoms with Crippen LogP contribution in [-0.4, -0.2) is 39.4 Å². The molecule has 0 spiro atoms. The van der Waals surface area contributed by atoms with Crippen LogP contribution in [0.15, 0.2) is 52.7 Å². The molecule has 1 atom stereocenters. The molecule has 0 unspecified atom stereocenters. The lowest BCUT2D eigenvalue weighted by Gasteiger charge is -2.33. The van der Waals surface area contributed by atoms with Gasteiger partial charge >= 0.3 is 6.18 Å². The molecule has 4 rings (SSSR count). The van der Waals surface area contributed by atoms with Crippen LogP contribution >= 0.6 is 0 Å².